The van der Waals surface area contributed by atoms with Crippen LogP contribution in [0.1, 0.15) is 39.5 Å². The highest BCUT2D eigenvalue weighted by Crippen LogP contribution is 2.33. The molecule has 2 amide bonds. The van der Waals surface area contributed by atoms with E-state index in [9.17, 15) is 31.2 Å². The first-order valence-corrected chi connectivity index (χ1v) is 16.2. The molecule has 15 heteroatoms. The van der Waals surface area contributed by atoms with Gasteiger partial charge in [0, 0.05) is 43.0 Å². The zero-order valence-electron chi connectivity index (χ0n) is 23.6. The topological polar surface area (TPSA) is 148 Å². The number of halogens is 3. The molecule has 1 aliphatic heterocycles. The Morgan fingerprint density at radius 1 is 1.10 bits per heavy atom. The monoisotopic (exact) mass is 634 g/mol. The number of benzene rings is 1. The van der Waals surface area contributed by atoms with Crippen molar-refractivity contribution in [1.82, 2.24) is 15.1 Å². The standard InChI is InChI=1S/C25H36N4O4S2.C2HF3O2/c1-19(2)28-13-15-29(16-14-28)24(30)17-34-21-7-9-22(10-8-21)35(32,33)18-20-5-3-4-6-23(20)25(31)27-12-11-26;3-2(4,5)1(6)7/h7-10,19-20,23H,3-6,12-18H2,1-2H3,(H,27,31);(H,6,7)/t20-,23+;/m0./s1. The van der Waals surface area contributed by atoms with Crippen LogP contribution in [0.2, 0.25) is 0 Å². The molecule has 2 fully saturated rings. The van der Waals surface area contributed by atoms with Gasteiger partial charge in [-0.2, -0.15) is 18.4 Å². The number of nitrogens with zero attached hydrogens (tertiary/aromatic N) is 3. The van der Waals surface area contributed by atoms with E-state index in [1.54, 1.807) is 24.3 Å². The number of hydrogen-bond donors (Lipinski definition) is 2. The zero-order valence-corrected chi connectivity index (χ0v) is 25.2. The molecule has 0 bridgehead atoms. The van der Waals surface area contributed by atoms with Crippen LogP contribution in [-0.4, -0.2) is 97.6 Å². The largest absolute Gasteiger partial charge is 0.490 e. The van der Waals surface area contributed by atoms with Gasteiger partial charge in [-0.25, -0.2) is 13.2 Å². The molecular formula is C27H37F3N4O6S2. The third-order valence-corrected chi connectivity index (χ3v) is 10.1. The molecule has 10 nitrogen and oxygen atoms in total. The van der Waals surface area contributed by atoms with Crippen molar-refractivity contribution in [3.8, 4) is 6.07 Å². The second-order valence-electron chi connectivity index (χ2n) is 10.4. The van der Waals surface area contributed by atoms with Gasteiger partial charge in [0.15, 0.2) is 9.84 Å². The molecule has 42 heavy (non-hydrogen) atoms. The summed E-state index contributed by atoms with van der Waals surface area (Å²) in [5.41, 5.74) is 0. The van der Waals surface area contributed by atoms with Crippen molar-refractivity contribution in [2.75, 3.05) is 44.2 Å². The van der Waals surface area contributed by atoms with Crippen LogP contribution in [0.4, 0.5) is 13.2 Å². The third-order valence-electron chi connectivity index (χ3n) is 7.21. The summed E-state index contributed by atoms with van der Waals surface area (Å²) in [6.07, 6.45) is -1.96. The number of piperazine rings is 1. The molecule has 2 atom stereocenters. The highest BCUT2D eigenvalue weighted by molar-refractivity contribution is 8.00. The van der Waals surface area contributed by atoms with Gasteiger partial charge in [-0.15, -0.1) is 11.8 Å². The quantitative estimate of drug-likeness (QED) is 0.309. The number of carboxylic acid groups (broad SMARTS) is 1. The van der Waals surface area contributed by atoms with Crippen LogP contribution in [0.25, 0.3) is 0 Å². The Morgan fingerprint density at radius 2 is 1.67 bits per heavy atom. The fourth-order valence-electron chi connectivity index (χ4n) is 4.86. The summed E-state index contributed by atoms with van der Waals surface area (Å²) in [7, 11) is -3.56. The van der Waals surface area contributed by atoms with Gasteiger partial charge in [-0.3, -0.25) is 14.5 Å². The Hall–Kier alpha value is -2.83. The third kappa shape index (κ3) is 11.1. The molecule has 0 spiro atoms. The van der Waals surface area contributed by atoms with E-state index in [-0.39, 0.29) is 40.8 Å². The average molecular weight is 635 g/mol. The van der Waals surface area contributed by atoms with Gasteiger partial charge in [-0.05, 0) is 56.9 Å². The molecule has 2 N–H and O–H groups in total. The van der Waals surface area contributed by atoms with Crippen molar-refractivity contribution in [3.05, 3.63) is 24.3 Å². The van der Waals surface area contributed by atoms with Crippen LogP contribution in [0.3, 0.4) is 0 Å². The number of amides is 2. The Kier molecular flexibility index (Phi) is 13.6. The highest BCUT2D eigenvalue weighted by atomic mass is 32.2. The summed E-state index contributed by atoms with van der Waals surface area (Å²) in [6.45, 7) is 7.53. The summed E-state index contributed by atoms with van der Waals surface area (Å²) in [6, 6.07) is 9.07. The second-order valence-corrected chi connectivity index (χ2v) is 13.5. The smallest absolute Gasteiger partial charge is 0.475 e. The first-order valence-electron chi connectivity index (χ1n) is 13.6. The van der Waals surface area contributed by atoms with Crippen LogP contribution in [0.15, 0.2) is 34.1 Å². The van der Waals surface area contributed by atoms with Crippen molar-refractivity contribution >= 4 is 39.4 Å². The maximum absolute atomic E-state index is 13.1. The van der Waals surface area contributed by atoms with Crippen LogP contribution in [-0.2, 0) is 24.2 Å². The SMILES string of the molecule is CC(C)N1CCN(C(=O)CSc2ccc(S(=O)(=O)C[C@@H]3CCCC[C@H]3C(=O)NCC#N)cc2)CC1.O=C(O)C(F)(F)F. The van der Waals surface area contributed by atoms with Gasteiger partial charge in [0.2, 0.25) is 11.8 Å². The Balaban J connectivity index is 0.000000782. The lowest BCUT2D eigenvalue weighted by Gasteiger charge is -2.36. The summed E-state index contributed by atoms with van der Waals surface area (Å²) in [4.78, 5) is 39.3. The van der Waals surface area contributed by atoms with Crippen LogP contribution in [0, 0.1) is 23.2 Å². The second kappa shape index (κ2) is 16.1. The van der Waals surface area contributed by atoms with Crippen molar-refractivity contribution in [1.29, 1.82) is 5.26 Å². The summed E-state index contributed by atoms with van der Waals surface area (Å²) in [5.74, 6) is -3.26. The van der Waals surface area contributed by atoms with Gasteiger partial charge < -0.3 is 15.3 Å². The minimum absolute atomic E-state index is 0.0649. The first kappa shape index (κ1) is 35.4. The fourth-order valence-corrected chi connectivity index (χ4v) is 7.36. The Morgan fingerprint density at radius 3 is 2.19 bits per heavy atom. The number of carboxylic acids is 1. The minimum atomic E-state index is -5.08. The first-order chi connectivity index (χ1) is 19.7. The molecule has 0 unspecified atom stereocenters. The molecule has 0 aromatic heterocycles. The number of rotatable bonds is 9. The summed E-state index contributed by atoms with van der Waals surface area (Å²) >= 11 is 1.42. The van der Waals surface area contributed by atoms with Crippen LogP contribution >= 0.6 is 11.8 Å². The number of nitriles is 1. The van der Waals surface area contributed by atoms with E-state index in [0.717, 1.165) is 43.9 Å². The summed E-state index contributed by atoms with van der Waals surface area (Å²) < 4.78 is 57.9. The van der Waals surface area contributed by atoms with Crippen molar-refractivity contribution in [2.45, 2.75) is 61.5 Å². The van der Waals surface area contributed by atoms with E-state index in [1.165, 1.54) is 11.8 Å². The average Bonchev–Trinajstić information content (AvgIpc) is 2.94. The maximum Gasteiger partial charge on any atom is 0.490 e. The fraction of sp³-hybridized carbons (Fsp3) is 0.630. The van der Waals surface area contributed by atoms with Crippen molar-refractivity contribution in [3.63, 3.8) is 0 Å². The number of aliphatic carboxylic acids is 1. The molecule has 1 aromatic rings. The van der Waals surface area contributed by atoms with E-state index in [0.29, 0.717) is 24.6 Å². The van der Waals surface area contributed by atoms with E-state index < -0.39 is 22.0 Å². The number of hydrogen-bond acceptors (Lipinski definition) is 8. The molecule has 0 radical (unpaired) electrons. The van der Waals surface area contributed by atoms with Gasteiger partial charge in [0.05, 0.1) is 22.5 Å². The highest BCUT2D eigenvalue weighted by Gasteiger charge is 2.38. The molecule has 1 aromatic carbocycles. The van der Waals surface area contributed by atoms with Gasteiger partial charge in [0.1, 0.15) is 6.54 Å². The predicted octanol–water partition coefficient (Wildman–Crippen LogP) is 3.18. The van der Waals surface area contributed by atoms with E-state index in [4.69, 9.17) is 15.2 Å². The number of thioether (sulfide) groups is 1. The molecule has 1 aliphatic carbocycles. The zero-order chi connectivity index (χ0) is 31.5. The molecule has 1 saturated carbocycles. The van der Waals surface area contributed by atoms with Crippen LogP contribution < -0.4 is 5.32 Å². The molecule has 2 aliphatic rings. The van der Waals surface area contributed by atoms with Crippen molar-refractivity contribution < 1.29 is 41.1 Å². The van der Waals surface area contributed by atoms with Crippen LogP contribution in [0.5, 0.6) is 0 Å². The molecular weight excluding hydrogens is 597 g/mol. The lowest BCUT2D eigenvalue weighted by Crippen LogP contribution is -2.51. The lowest BCUT2D eigenvalue weighted by molar-refractivity contribution is -0.192. The van der Waals surface area contributed by atoms with Crippen molar-refractivity contribution in [2.24, 2.45) is 11.8 Å². The molecule has 234 valence electrons. The summed E-state index contributed by atoms with van der Waals surface area (Å²) in [5, 5.41) is 18.4. The number of carbonyl (C=O) groups excluding carboxylic acids is 2. The van der Waals surface area contributed by atoms with E-state index >= 15 is 0 Å². The number of sulfone groups is 1. The van der Waals surface area contributed by atoms with E-state index in [2.05, 4.69) is 24.1 Å². The maximum atomic E-state index is 13.1. The minimum Gasteiger partial charge on any atom is -0.475 e. The molecule has 3 rings (SSSR count). The van der Waals surface area contributed by atoms with E-state index in [1.807, 2.05) is 11.0 Å². The van der Waals surface area contributed by atoms with Gasteiger partial charge >= 0.3 is 12.1 Å². The Labute approximate surface area is 248 Å². The number of carbonyl (C=O) groups is 3. The predicted molar refractivity (Wildman–Crippen MR) is 150 cm³/mol. The number of nitrogens with one attached hydrogen (secondary N) is 1. The van der Waals surface area contributed by atoms with Gasteiger partial charge in [-0.1, -0.05) is 12.8 Å². The number of alkyl halides is 3. The molecule has 1 heterocycles. The lowest BCUT2D eigenvalue weighted by atomic mass is 9.80. The van der Waals surface area contributed by atoms with Gasteiger partial charge in [0.25, 0.3) is 0 Å². The molecule has 1 saturated heterocycles. The normalized spacial score (nSPS) is 19.8. The Bertz CT molecular complexity index is 1210.